The summed E-state index contributed by atoms with van der Waals surface area (Å²) in [4.78, 5) is 8.98. The summed E-state index contributed by atoms with van der Waals surface area (Å²) in [5, 5.41) is 7.10. The Kier molecular flexibility index (Phi) is 3.87. The number of nitrogens with one attached hydrogen (secondary N) is 2. The fourth-order valence-corrected chi connectivity index (χ4v) is 3.75. The lowest BCUT2D eigenvalue weighted by Crippen LogP contribution is -2.20. The third-order valence-electron chi connectivity index (χ3n) is 4.88. The van der Waals surface area contributed by atoms with Crippen molar-refractivity contribution in [2.45, 2.75) is 38.1 Å². The Labute approximate surface area is 136 Å². The first kappa shape index (κ1) is 14.5. The van der Waals surface area contributed by atoms with Crippen LogP contribution in [0, 0.1) is 0 Å². The summed E-state index contributed by atoms with van der Waals surface area (Å²) in [6.07, 6.45) is 5.37. The predicted octanol–water partition coefficient (Wildman–Crippen LogP) is 2.24. The molecular weight excluding hydrogens is 286 g/mol. The molecule has 1 aromatic carbocycles. The van der Waals surface area contributed by atoms with Gasteiger partial charge in [-0.2, -0.15) is 4.98 Å². The van der Waals surface area contributed by atoms with Gasteiger partial charge >= 0.3 is 0 Å². The first-order valence-corrected chi connectivity index (χ1v) is 8.51. The summed E-state index contributed by atoms with van der Waals surface area (Å²) < 4.78 is 0. The number of benzene rings is 1. The highest BCUT2D eigenvalue weighted by Crippen LogP contribution is 2.33. The van der Waals surface area contributed by atoms with Gasteiger partial charge in [0, 0.05) is 18.5 Å². The largest absolute Gasteiger partial charge is 0.368 e. The van der Waals surface area contributed by atoms with Gasteiger partial charge in [0.2, 0.25) is 5.95 Å². The first-order valence-electron chi connectivity index (χ1n) is 8.51. The molecule has 1 aromatic heterocycles. The van der Waals surface area contributed by atoms with Crippen LogP contribution in [0.5, 0.6) is 0 Å². The van der Waals surface area contributed by atoms with Gasteiger partial charge in [-0.05, 0) is 43.4 Å². The number of hydrogen-bond donors (Lipinski definition) is 3. The third kappa shape index (κ3) is 2.88. The van der Waals surface area contributed by atoms with Crippen molar-refractivity contribution in [1.29, 1.82) is 0 Å². The summed E-state index contributed by atoms with van der Waals surface area (Å²) in [7, 11) is 0. The molecule has 2 aliphatic rings. The van der Waals surface area contributed by atoms with E-state index in [0.717, 1.165) is 43.9 Å². The molecule has 2 aromatic rings. The molecule has 120 valence electrons. The van der Waals surface area contributed by atoms with E-state index in [1.165, 1.54) is 29.5 Å². The summed E-state index contributed by atoms with van der Waals surface area (Å²) in [5.41, 5.74) is 11.1. The summed E-state index contributed by atoms with van der Waals surface area (Å²) in [6, 6.07) is 9.03. The molecule has 0 bridgehead atoms. The van der Waals surface area contributed by atoms with Crippen molar-refractivity contribution < 1.29 is 0 Å². The van der Waals surface area contributed by atoms with Gasteiger partial charge in [0.25, 0.3) is 0 Å². The molecule has 23 heavy (non-hydrogen) atoms. The van der Waals surface area contributed by atoms with Crippen LogP contribution in [-0.2, 0) is 19.3 Å². The molecule has 1 atom stereocenters. The van der Waals surface area contributed by atoms with Crippen molar-refractivity contribution in [1.82, 2.24) is 15.3 Å². The van der Waals surface area contributed by atoms with E-state index in [1.807, 2.05) is 0 Å². The Bertz CT molecular complexity index is 713. The number of anilines is 2. The van der Waals surface area contributed by atoms with Crippen molar-refractivity contribution in [3.8, 4) is 0 Å². The average molecular weight is 309 g/mol. The molecule has 0 amide bonds. The highest BCUT2D eigenvalue weighted by Gasteiger charge is 2.23. The van der Waals surface area contributed by atoms with E-state index >= 15 is 0 Å². The van der Waals surface area contributed by atoms with Crippen LogP contribution in [0.2, 0.25) is 0 Å². The molecule has 4 rings (SSSR count). The van der Waals surface area contributed by atoms with Gasteiger partial charge in [-0.3, -0.25) is 0 Å². The second-order valence-electron chi connectivity index (χ2n) is 6.39. The van der Waals surface area contributed by atoms with E-state index in [1.54, 1.807) is 0 Å². The van der Waals surface area contributed by atoms with Crippen molar-refractivity contribution >= 4 is 11.8 Å². The minimum atomic E-state index is 0.314. The van der Waals surface area contributed by atoms with E-state index in [9.17, 15) is 0 Å². The Morgan fingerprint density at radius 3 is 2.91 bits per heavy atom. The predicted molar refractivity (Wildman–Crippen MR) is 92.5 cm³/mol. The molecule has 0 fully saturated rings. The molecule has 2 heterocycles. The highest BCUT2D eigenvalue weighted by atomic mass is 15.1. The molecule has 0 radical (unpaired) electrons. The van der Waals surface area contributed by atoms with E-state index in [-0.39, 0.29) is 0 Å². The van der Waals surface area contributed by atoms with Crippen LogP contribution < -0.4 is 16.4 Å². The Balaban J connectivity index is 1.69. The van der Waals surface area contributed by atoms with Crippen molar-refractivity contribution in [2.24, 2.45) is 0 Å². The maximum absolute atomic E-state index is 5.95. The second kappa shape index (κ2) is 6.16. The molecule has 1 aliphatic carbocycles. The molecular formula is C18H23N5. The number of nitrogens with two attached hydrogens (primary N) is 1. The molecule has 1 unspecified atom stereocenters. The highest BCUT2D eigenvalue weighted by molar-refractivity contribution is 5.52. The van der Waals surface area contributed by atoms with Crippen LogP contribution in [0.4, 0.5) is 11.8 Å². The lowest BCUT2D eigenvalue weighted by atomic mass is 9.87. The molecule has 5 nitrogen and oxygen atoms in total. The summed E-state index contributed by atoms with van der Waals surface area (Å²) in [6.45, 7) is 1.92. The molecule has 4 N–H and O–H groups in total. The smallest absolute Gasteiger partial charge is 0.222 e. The van der Waals surface area contributed by atoms with Crippen molar-refractivity contribution in [2.75, 3.05) is 24.1 Å². The number of rotatable bonds is 2. The van der Waals surface area contributed by atoms with Gasteiger partial charge in [-0.15, -0.1) is 0 Å². The van der Waals surface area contributed by atoms with E-state index in [0.29, 0.717) is 12.0 Å². The number of nitrogens with zero attached hydrogens (tertiary/aromatic N) is 2. The maximum Gasteiger partial charge on any atom is 0.222 e. The Morgan fingerprint density at radius 2 is 1.96 bits per heavy atom. The zero-order chi connectivity index (χ0) is 15.6. The summed E-state index contributed by atoms with van der Waals surface area (Å²) in [5.74, 6) is 1.30. The number of fused-ring (bicyclic) bond motifs is 2. The van der Waals surface area contributed by atoms with Gasteiger partial charge < -0.3 is 16.4 Å². The standard InChI is InChI=1S/C18H23N5/c19-18-22-16-9-11-20-10-8-14(16)17(23-18)21-15-7-3-5-12-4-1-2-6-13(12)15/h1-2,4,6,15,20H,3,5,7-11H2,(H3,19,21,22,23). The van der Waals surface area contributed by atoms with Crippen LogP contribution in [-0.4, -0.2) is 23.1 Å². The van der Waals surface area contributed by atoms with E-state index in [4.69, 9.17) is 5.73 Å². The zero-order valence-electron chi connectivity index (χ0n) is 13.3. The quantitative estimate of drug-likeness (QED) is 0.793. The maximum atomic E-state index is 5.95. The van der Waals surface area contributed by atoms with Crippen LogP contribution in [0.3, 0.4) is 0 Å². The number of nitrogen functional groups attached to an aromatic ring is 1. The topological polar surface area (TPSA) is 75.9 Å². The fourth-order valence-electron chi connectivity index (χ4n) is 3.75. The van der Waals surface area contributed by atoms with E-state index in [2.05, 4.69) is 44.9 Å². The van der Waals surface area contributed by atoms with Gasteiger partial charge in [0.1, 0.15) is 5.82 Å². The average Bonchev–Trinajstić information content (AvgIpc) is 2.80. The second-order valence-corrected chi connectivity index (χ2v) is 6.39. The van der Waals surface area contributed by atoms with Gasteiger partial charge in [0.15, 0.2) is 0 Å². The van der Waals surface area contributed by atoms with Gasteiger partial charge in [0.05, 0.1) is 11.7 Å². The van der Waals surface area contributed by atoms with Crippen molar-refractivity contribution in [3.63, 3.8) is 0 Å². The zero-order valence-corrected chi connectivity index (χ0v) is 13.3. The third-order valence-corrected chi connectivity index (χ3v) is 4.88. The fraction of sp³-hybridized carbons (Fsp3) is 0.444. The Morgan fingerprint density at radius 1 is 1.09 bits per heavy atom. The molecule has 0 spiro atoms. The minimum Gasteiger partial charge on any atom is -0.368 e. The monoisotopic (exact) mass is 309 g/mol. The number of aromatic nitrogens is 2. The normalized spacial score (nSPS) is 20.3. The Hall–Kier alpha value is -2.14. The first-order chi connectivity index (χ1) is 11.3. The molecule has 0 saturated heterocycles. The molecule has 5 heteroatoms. The van der Waals surface area contributed by atoms with Gasteiger partial charge in [-0.25, -0.2) is 4.98 Å². The minimum absolute atomic E-state index is 0.314. The molecule has 1 aliphatic heterocycles. The van der Waals surface area contributed by atoms with Crippen LogP contribution >= 0.6 is 0 Å². The van der Waals surface area contributed by atoms with Crippen LogP contribution in [0.15, 0.2) is 24.3 Å². The van der Waals surface area contributed by atoms with Crippen LogP contribution in [0.25, 0.3) is 0 Å². The van der Waals surface area contributed by atoms with Crippen LogP contribution in [0.1, 0.15) is 41.3 Å². The number of hydrogen-bond acceptors (Lipinski definition) is 5. The number of aryl methyl sites for hydroxylation is 1. The summed E-state index contributed by atoms with van der Waals surface area (Å²) >= 11 is 0. The van der Waals surface area contributed by atoms with Gasteiger partial charge in [-0.1, -0.05) is 24.3 Å². The molecule has 0 saturated carbocycles. The SMILES string of the molecule is Nc1nc2c(c(NC3CCCc4ccccc43)n1)CCNCC2. The van der Waals surface area contributed by atoms with E-state index < -0.39 is 0 Å². The lowest BCUT2D eigenvalue weighted by molar-refractivity contribution is 0.597. The lowest BCUT2D eigenvalue weighted by Gasteiger charge is -2.28. The van der Waals surface area contributed by atoms with Crippen molar-refractivity contribution in [3.05, 3.63) is 46.6 Å².